The number of esters is 1. The zero-order valence-electron chi connectivity index (χ0n) is 14.4. The number of carbonyl (C=O) groups is 2. The molecule has 1 aliphatic rings. The van der Waals surface area contributed by atoms with Gasteiger partial charge >= 0.3 is 5.97 Å². The molecular formula is C18H17ClN2O5S. The first-order valence-corrected chi connectivity index (χ1v) is 9.98. The van der Waals surface area contributed by atoms with E-state index in [0.717, 1.165) is 23.7 Å². The highest BCUT2D eigenvalue weighted by molar-refractivity contribution is 7.89. The van der Waals surface area contributed by atoms with Crippen molar-refractivity contribution in [1.82, 2.24) is 4.72 Å². The average molecular weight is 409 g/mol. The number of amides is 1. The molecule has 0 fully saturated rings. The van der Waals surface area contributed by atoms with Crippen molar-refractivity contribution in [3.8, 4) is 0 Å². The lowest BCUT2D eigenvalue weighted by Gasteiger charge is -2.17. The van der Waals surface area contributed by atoms with E-state index in [1.807, 2.05) is 24.3 Å². The summed E-state index contributed by atoms with van der Waals surface area (Å²) >= 11 is 5.98. The summed E-state index contributed by atoms with van der Waals surface area (Å²) in [5, 5.41) is 0.0361. The van der Waals surface area contributed by atoms with Crippen LogP contribution in [0, 0.1) is 0 Å². The number of halogens is 1. The van der Waals surface area contributed by atoms with Gasteiger partial charge in [0.25, 0.3) is 5.91 Å². The molecule has 2 aromatic carbocycles. The summed E-state index contributed by atoms with van der Waals surface area (Å²) in [7, 11) is -2.48. The Bertz CT molecular complexity index is 1010. The smallest absolute Gasteiger partial charge is 0.340 e. The number of benzene rings is 2. The largest absolute Gasteiger partial charge is 0.452 e. The highest BCUT2D eigenvalue weighted by Gasteiger charge is 2.25. The highest BCUT2D eigenvalue weighted by Crippen LogP contribution is 2.27. The number of anilines is 1. The van der Waals surface area contributed by atoms with Crippen LogP contribution in [-0.4, -0.2) is 40.5 Å². The Morgan fingerprint density at radius 2 is 1.96 bits per heavy atom. The molecule has 7 nitrogen and oxygen atoms in total. The van der Waals surface area contributed by atoms with E-state index < -0.39 is 22.6 Å². The van der Waals surface area contributed by atoms with Crippen molar-refractivity contribution in [3.05, 3.63) is 58.6 Å². The van der Waals surface area contributed by atoms with Crippen LogP contribution in [0.3, 0.4) is 0 Å². The number of rotatable bonds is 5. The number of hydrogen-bond acceptors (Lipinski definition) is 5. The number of carbonyl (C=O) groups excluding carboxylic acids is 2. The summed E-state index contributed by atoms with van der Waals surface area (Å²) in [5.41, 5.74) is 1.74. The summed E-state index contributed by atoms with van der Waals surface area (Å²) in [6, 6.07) is 11.2. The van der Waals surface area contributed by atoms with E-state index in [1.54, 1.807) is 4.90 Å². The van der Waals surface area contributed by atoms with Crippen molar-refractivity contribution in [2.45, 2.75) is 11.3 Å². The van der Waals surface area contributed by atoms with Gasteiger partial charge in [-0.1, -0.05) is 29.8 Å². The maximum Gasteiger partial charge on any atom is 0.340 e. The van der Waals surface area contributed by atoms with Crippen LogP contribution in [0.5, 0.6) is 0 Å². The van der Waals surface area contributed by atoms with Crippen molar-refractivity contribution in [2.24, 2.45) is 0 Å². The summed E-state index contributed by atoms with van der Waals surface area (Å²) < 4.78 is 31.0. The van der Waals surface area contributed by atoms with Crippen molar-refractivity contribution in [2.75, 3.05) is 25.1 Å². The molecule has 0 spiro atoms. The third kappa shape index (κ3) is 3.97. The van der Waals surface area contributed by atoms with Gasteiger partial charge in [0, 0.05) is 12.2 Å². The molecule has 1 N–H and O–H groups in total. The molecule has 3 rings (SSSR count). The molecule has 0 saturated heterocycles. The zero-order chi connectivity index (χ0) is 19.6. The van der Waals surface area contributed by atoms with E-state index in [-0.39, 0.29) is 21.4 Å². The van der Waals surface area contributed by atoms with E-state index in [2.05, 4.69) is 4.72 Å². The SMILES string of the molecule is CNS(=O)(=O)c1ccc(Cl)c(C(=O)OCC(=O)N2CCc3ccccc32)c1. The standard InChI is InChI=1S/C18H17ClN2O5S/c1-20-27(24,25)13-6-7-15(19)14(10-13)18(23)26-11-17(22)21-9-8-12-4-2-3-5-16(12)21/h2-7,10,20H,8-9,11H2,1H3. The number of hydrogen-bond donors (Lipinski definition) is 1. The van der Waals surface area contributed by atoms with Gasteiger partial charge < -0.3 is 9.64 Å². The minimum atomic E-state index is -3.74. The summed E-state index contributed by atoms with van der Waals surface area (Å²) in [6.07, 6.45) is 0.742. The molecule has 0 aromatic heterocycles. The molecule has 0 saturated carbocycles. The molecule has 1 heterocycles. The second kappa shape index (κ2) is 7.67. The van der Waals surface area contributed by atoms with Gasteiger partial charge in [-0.2, -0.15) is 0 Å². The van der Waals surface area contributed by atoms with Crippen molar-refractivity contribution in [1.29, 1.82) is 0 Å². The number of sulfonamides is 1. The Kier molecular flexibility index (Phi) is 5.50. The molecule has 1 amide bonds. The first-order valence-electron chi connectivity index (χ1n) is 8.12. The van der Waals surface area contributed by atoms with E-state index >= 15 is 0 Å². The first kappa shape index (κ1) is 19.3. The maximum absolute atomic E-state index is 12.4. The minimum Gasteiger partial charge on any atom is -0.452 e. The fraction of sp³-hybridized carbons (Fsp3) is 0.222. The molecule has 0 bridgehead atoms. The predicted molar refractivity (Wildman–Crippen MR) is 100 cm³/mol. The van der Waals surface area contributed by atoms with Gasteiger partial charge in [-0.15, -0.1) is 0 Å². The Hall–Kier alpha value is -2.42. The van der Waals surface area contributed by atoms with Gasteiger partial charge in [-0.05, 0) is 43.3 Å². The molecule has 0 radical (unpaired) electrons. The minimum absolute atomic E-state index is 0.0361. The lowest BCUT2D eigenvalue weighted by molar-refractivity contribution is -0.121. The highest BCUT2D eigenvalue weighted by atomic mass is 35.5. The molecule has 0 aliphatic carbocycles. The Balaban J connectivity index is 1.71. The van der Waals surface area contributed by atoms with Crippen LogP contribution in [0.4, 0.5) is 5.69 Å². The van der Waals surface area contributed by atoms with E-state index in [4.69, 9.17) is 16.3 Å². The number of nitrogens with zero attached hydrogens (tertiary/aromatic N) is 1. The third-order valence-electron chi connectivity index (χ3n) is 4.25. The fourth-order valence-corrected chi connectivity index (χ4v) is 3.78. The Morgan fingerprint density at radius 1 is 1.22 bits per heavy atom. The molecule has 142 valence electrons. The van der Waals surface area contributed by atoms with Crippen molar-refractivity contribution < 1.29 is 22.7 Å². The van der Waals surface area contributed by atoms with Crippen LogP contribution in [0.15, 0.2) is 47.4 Å². The van der Waals surface area contributed by atoms with E-state index in [1.165, 1.54) is 19.2 Å². The van der Waals surface area contributed by atoms with Crippen LogP contribution < -0.4 is 9.62 Å². The Labute approximate surface area is 161 Å². The van der Waals surface area contributed by atoms with Crippen LogP contribution in [0.25, 0.3) is 0 Å². The molecule has 27 heavy (non-hydrogen) atoms. The summed E-state index contributed by atoms with van der Waals surface area (Å²) in [5.74, 6) is -1.22. The predicted octanol–water partition coefficient (Wildman–Crippen LogP) is 1.99. The van der Waals surface area contributed by atoms with Crippen LogP contribution in [0.2, 0.25) is 5.02 Å². The van der Waals surface area contributed by atoms with Crippen LogP contribution >= 0.6 is 11.6 Å². The molecule has 1 aliphatic heterocycles. The quantitative estimate of drug-likeness (QED) is 0.764. The van der Waals surface area contributed by atoms with E-state index in [9.17, 15) is 18.0 Å². The second-order valence-corrected chi connectivity index (χ2v) is 8.14. The lowest BCUT2D eigenvalue weighted by atomic mass is 10.2. The first-order chi connectivity index (χ1) is 12.8. The monoisotopic (exact) mass is 408 g/mol. The fourth-order valence-electron chi connectivity index (χ4n) is 2.83. The molecule has 9 heteroatoms. The van der Waals surface area contributed by atoms with Gasteiger partial charge in [0.2, 0.25) is 10.0 Å². The molecular weight excluding hydrogens is 392 g/mol. The van der Waals surface area contributed by atoms with Gasteiger partial charge in [0.05, 0.1) is 15.5 Å². The third-order valence-corrected chi connectivity index (χ3v) is 5.99. The second-order valence-electron chi connectivity index (χ2n) is 5.85. The van der Waals surface area contributed by atoms with Gasteiger partial charge in [0.15, 0.2) is 6.61 Å². The average Bonchev–Trinajstić information content (AvgIpc) is 3.10. The number of fused-ring (bicyclic) bond motifs is 1. The van der Waals surface area contributed by atoms with Gasteiger partial charge in [-0.25, -0.2) is 17.9 Å². The van der Waals surface area contributed by atoms with Gasteiger partial charge in [0.1, 0.15) is 0 Å². The normalized spacial score (nSPS) is 13.3. The lowest BCUT2D eigenvalue weighted by Crippen LogP contribution is -2.33. The zero-order valence-corrected chi connectivity index (χ0v) is 16.0. The summed E-state index contributed by atoms with van der Waals surface area (Å²) in [6.45, 7) is 0.0545. The number of ether oxygens (including phenoxy) is 1. The number of para-hydroxylation sites is 1. The molecule has 0 atom stereocenters. The number of nitrogens with one attached hydrogen (secondary N) is 1. The van der Waals surface area contributed by atoms with Crippen LogP contribution in [0.1, 0.15) is 15.9 Å². The molecule has 0 unspecified atom stereocenters. The molecule has 2 aromatic rings. The topological polar surface area (TPSA) is 92.8 Å². The van der Waals surface area contributed by atoms with Crippen molar-refractivity contribution >= 4 is 39.2 Å². The van der Waals surface area contributed by atoms with Crippen LogP contribution in [-0.2, 0) is 26.0 Å². The van der Waals surface area contributed by atoms with Gasteiger partial charge in [-0.3, -0.25) is 4.79 Å². The van der Waals surface area contributed by atoms with Crippen molar-refractivity contribution in [3.63, 3.8) is 0 Å². The maximum atomic E-state index is 12.4. The Morgan fingerprint density at radius 3 is 2.70 bits per heavy atom. The van der Waals surface area contributed by atoms with E-state index in [0.29, 0.717) is 6.54 Å². The summed E-state index contributed by atoms with van der Waals surface area (Å²) in [4.78, 5) is 26.2.